The molecule has 1 aliphatic rings. The summed E-state index contributed by atoms with van der Waals surface area (Å²) in [5.74, 6) is 1.55. The molecule has 0 aromatic carbocycles. The lowest BCUT2D eigenvalue weighted by atomic mass is 10.0. The first kappa shape index (κ1) is 14.8. The van der Waals surface area contributed by atoms with Gasteiger partial charge in [0, 0.05) is 32.2 Å². The quantitative estimate of drug-likeness (QED) is 0.846. The number of nitrogens with zero attached hydrogens (tertiary/aromatic N) is 4. The molecule has 0 N–H and O–H groups in total. The highest BCUT2D eigenvalue weighted by molar-refractivity contribution is 5.92. The molecule has 1 aromatic rings. The van der Waals surface area contributed by atoms with Gasteiger partial charge in [-0.05, 0) is 32.6 Å². The summed E-state index contributed by atoms with van der Waals surface area (Å²) in [7, 11) is 0. The van der Waals surface area contributed by atoms with E-state index in [1.165, 1.54) is 19.2 Å². The normalized spacial score (nSPS) is 18.9. The predicted molar refractivity (Wildman–Crippen MR) is 79.9 cm³/mol. The maximum absolute atomic E-state index is 12.3. The van der Waals surface area contributed by atoms with E-state index in [1.807, 2.05) is 19.9 Å². The number of piperidine rings is 1. The lowest BCUT2D eigenvalue weighted by molar-refractivity contribution is 0.0767. The Balaban J connectivity index is 2.17. The molecule has 1 fully saturated rings. The van der Waals surface area contributed by atoms with Crippen LogP contribution in [0.3, 0.4) is 0 Å². The Labute approximate surface area is 121 Å². The summed E-state index contributed by atoms with van der Waals surface area (Å²) in [4.78, 5) is 24.8. The van der Waals surface area contributed by atoms with Crippen LogP contribution in [0.5, 0.6) is 0 Å². The monoisotopic (exact) mass is 276 g/mol. The van der Waals surface area contributed by atoms with Crippen molar-refractivity contribution in [3.63, 3.8) is 0 Å². The molecule has 0 spiro atoms. The highest BCUT2D eigenvalue weighted by atomic mass is 16.2. The molecule has 5 nitrogen and oxygen atoms in total. The van der Waals surface area contributed by atoms with E-state index in [-0.39, 0.29) is 5.91 Å². The van der Waals surface area contributed by atoms with E-state index >= 15 is 0 Å². The van der Waals surface area contributed by atoms with E-state index in [2.05, 4.69) is 21.8 Å². The maximum Gasteiger partial charge on any atom is 0.272 e. The van der Waals surface area contributed by atoms with Crippen molar-refractivity contribution in [3.05, 3.63) is 18.1 Å². The SMILES string of the molecule is CCN(CC)C(=O)c1cc(N2CCCC(C)C2)ncn1. The fourth-order valence-electron chi connectivity index (χ4n) is 2.71. The molecular weight excluding hydrogens is 252 g/mol. The Hall–Kier alpha value is -1.65. The van der Waals surface area contributed by atoms with Crippen LogP contribution in [0.15, 0.2) is 12.4 Å². The second-order valence-electron chi connectivity index (χ2n) is 5.43. The van der Waals surface area contributed by atoms with Gasteiger partial charge in [-0.15, -0.1) is 0 Å². The minimum atomic E-state index is -0.0105. The Morgan fingerprint density at radius 1 is 1.40 bits per heavy atom. The number of anilines is 1. The van der Waals surface area contributed by atoms with Crippen molar-refractivity contribution < 1.29 is 4.79 Å². The molecule has 1 aliphatic heterocycles. The molecule has 1 amide bonds. The predicted octanol–water partition coefficient (Wildman–Crippen LogP) is 2.19. The molecule has 5 heteroatoms. The lowest BCUT2D eigenvalue weighted by Crippen LogP contribution is -2.35. The van der Waals surface area contributed by atoms with Crippen molar-refractivity contribution in [2.45, 2.75) is 33.6 Å². The molecule has 1 atom stereocenters. The van der Waals surface area contributed by atoms with Crippen LogP contribution in [0, 0.1) is 5.92 Å². The molecule has 1 saturated heterocycles. The fourth-order valence-corrected chi connectivity index (χ4v) is 2.71. The zero-order chi connectivity index (χ0) is 14.5. The van der Waals surface area contributed by atoms with Crippen molar-refractivity contribution in [1.82, 2.24) is 14.9 Å². The van der Waals surface area contributed by atoms with Crippen molar-refractivity contribution in [2.75, 3.05) is 31.1 Å². The van der Waals surface area contributed by atoms with E-state index in [1.54, 1.807) is 4.90 Å². The van der Waals surface area contributed by atoms with E-state index < -0.39 is 0 Å². The second kappa shape index (κ2) is 6.68. The Kier molecular flexibility index (Phi) is 4.93. The van der Waals surface area contributed by atoms with Gasteiger partial charge in [0.1, 0.15) is 17.8 Å². The van der Waals surface area contributed by atoms with E-state index in [0.29, 0.717) is 24.7 Å². The molecule has 2 rings (SSSR count). The topological polar surface area (TPSA) is 49.3 Å². The summed E-state index contributed by atoms with van der Waals surface area (Å²) >= 11 is 0. The molecule has 110 valence electrons. The summed E-state index contributed by atoms with van der Waals surface area (Å²) in [5, 5.41) is 0. The lowest BCUT2D eigenvalue weighted by Gasteiger charge is -2.31. The number of carbonyl (C=O) groups is 1. The van der Waals surface area contributed by atoms with Crippen LogP contribution in [0.2, 0.25) is 0 Å². The van der Waals surface area contributed by atoms with Gasteiger partial charge < -0.3 is 9.80 Å². The first-order chi connectivity index (χ1) is 9.65. The van der Waals surface area contributed by atoms with Crippen LogP contribution >= 0.6 is 0 Å². The zero-order valence-corrected chi connectivity index (χ0v) is 12.7. The first-order valence-corrected chi connectivity index (χ1v) is 7.52. The van der Waals surface area contributed by atoms with Gasteiger partial charge in [-0.2, -0.15) is 0 Å². The minimum Gasteiger partial charge on any atom is -0.356 e. The summed E-state index contributed by atoms with van der Waals surface area (Å²) in [6, 6.07) is 1.83. The Bertz CT molecular complexity index is 459. The molecule has 0 saturated carbocycles. The number of hydrogen-bond donors (Lipinski definition) is 0. The highest BCUT2D eigenvalue weighted by Crippen LogP contribution is 2.21. The average Bonchev–Trinajstić information content (AvgIpc) is 2.48. The van der Waals surface area contributed by atoms with E-state index in [4.69, 9.17) is 0 Å². The molecule has 2 heterocycles. The van der Waals surface area contributed by atoms with Gasteiger partial charge in [-0.1, -0.05) is 6.92 Å². The van der Waals surface area contributed by atoms with E-state index in [9.17, 15) is 4.79 Å². The third-order valence-corrected chi connectivity index (χ3v) is 3.90. The Morgan fingerprint density at radius 2 is 2.15 bits per heavy atom. The first-order valence-electron chi connectivity index (χ1n) is 7.52. The van der Waals surface area contributed by atoms with Crippen LogP contribution in [0.1, 0.15) is 44.1 Å². The number of hydrogen-bond acceptors (Lipinski definition) is 4. The molecule has 1 unspecified atom stereocenters. The van der Waals surface area contributed by atoms with E-state index in [0.717, 1.165) is 18.9 Å². The summed E-state index contributed by atoms with van der Waals surface area (Å²) in [5.41, 5.74) is 0.497. The van der Waals surface area contributed by atoms with Crippen LogP contribution in [0.4, 0.5) is 5.82 Å². The van der Waals surface area contributed by atoms with Gasteiger partial charge in [-0.25, -0.2) is 9.97 Å². The molecule has 0 bridgehead atoms. The van der Waals surface area contributed by atoms with Crippen molar-refractivity contribution >= 4 is 11.7 Å². The number of carbonyl (C=O) groups excluding carboxylic acids is 1. The van der Waals surface area contributed by atoms with Gasteiger partial charge in [0.15, 0.2) is 0 Å². The number of rotatable bonds is 4. The Morgan fingerprint density at radius 3 is 2.80 bits per heavy atom. The molecule has 20 heavy (non-hydrogen) atoms. The largest absolute Gasteiger partial charge is 0.356 e. The van der Waals surface area contributed by atoms with Crippen LogP contribution in [0.25, 0.3) is 0 Å². The minimum absolute atomic E-state index is 0.0105. The van der Waals surface area contributed by atoms with Crippen LogP contribution in [-0.4, -0.2) is 47.0 Å². The van der Waals surface area contributed by atoms with Crippen LogP contribution < -0.4 is 4.90 Å². The second-order valence-corrected chi connectivity index (χ2v) is 5.43. The summed E-state index contributed by atoms with van der Waals surface area (Å²) < 4.78 is 0. The molecule has 0 aliphatic carbocycles. The highest BCUT2D eigenvalue weighted by Gasteiger charge is 2.20. The molecule has 0 radical (unpaired) electrons. The van der Waals surface area contributed by atoms with Gasteiger partial charge in [0.2, 0.25) is 0 Å². The zero-order valence-electron chi connectivity index (χ0n) is 12.7. The fraction of sp³-hybridized carbons (Fsp3) is 0.667. The smallest absolute Gasteiger partial charge is 0.272 e. The van der Waals surface area contributed by atoms with Crippen molar-refractivity contribution in [3.8, 4) is 0 Å². The summed E-state index contributed by atoms with van der Waals surface area (Å²) in [6.45, 7) is 9.65. The van der Waals surface area contributed by atoms with Gasteiger partial charge in [0.25, 0.3) is 5.91 Å². The van der Waals surface area contributed by atoms with Gasteiger partial charge in [-0.3, -0.25) is 4.79 Å². The number of aromatic nitrogens is 2. The molecular formula is C15H24N4O. The van der Waals surface area contributed by atoms with Crippen molar-refractivity contribution in [2.24, 2.45) is 5.92 Å². The molecule has 1 aromatic heterocycles. The summed E-state index contributed by atoms with van der Waals surface area (Å²) in [6.07, 6.45) is 3.96. The third kappa shape index (κ3) is 3.26. The van der Waals surface area contributed by atoms with Gasteiger partial charge in [0.05, 0.1) is 0 Å². The average molecular weight is 276 g/mol. The van der Waals surface area contributed by atoms with Crippen LogP contribution in [-0.2, 0) is 0 Å². The van der Waals surface area contributed by atoms with Crippen molar-refractivity contribution in [1.29, 1.82) is 0 Å². The standard InChI is InChI=1S/C15H24N4O/c1-4-18(5-2)15(20)13-9-14(17-11-16-13)19-8-6-7-12(3)10-19/h9,11-12H,4-8,10H2,1-3H3. The third-order valence-electron chi connectivity index (χ3n) is 3.90. The number of amides is 1. The maximum atomic E-state index is 12.3. The van der Waals surface area contributed by atoms with Gasteiger partial charge >= 0.3 is 0 Å².